The summed E-state index contributed by atoms with van der Waals surface area (Å²) in [6.45, 7) is 2.37. The van der Waals surface area contributed by atoms with Gasteiger partial charge in [0.1, 0.15) is 0 Å². The van der Waals surface area contributed by atoms with Gasteiger partial charge in [-0.25, -0.2) is 0 Å². The molecule has 2 aromatic rings. The third-order valence-electron chi connectivity index (χ3n) is 2.93. The average molecular weight is 319 g/mol. The van der Waals surface area contributed by atoms with Crippen molar-refractivity contribution in [1.82, 2.24) is 0 Å². The lowest BCUT2D eigenvalue weighted by atomic mass is 10.1. The molecule has 98 valence electrons. The first-order chi connectivity index (χ1) is 9.11. The van der Waals surface area contributed by atoms with Gasteiger partial charge in [0.05, 0.1) is 0 Å². The number of carbonyl (C=O) groups excluding carboxylic acids is 1. The summed E-state index contributed by atoms with van der Waals surface area (Å²) in [4.78, 5) is 12.2. The van der Waals surface area contributed by atoms with Crippen LogP contribution in [0.4, 0.5) is 5.69 Å². The Balaban J connectivity index is 2.23. The normalized spacial score (nSPS) is 10.3. The predicted molar refractivity (Wildman–Crippen MR) is 81.2 cm³/mol. The lowest BCUT2D eigenvalue weighted by molar-refractivity contribution is 0.102. The zero-order valence-corrected chi connectivity index (χ0v) is 12.2. The molecule has 2 aromatic carbocycles. The number of rotatable bonds is 3. The van der Waals surface area contributed by atoms with Crippen molar-refractivity contribution >= 4 is 27.5 Å². The standard InChI is InChI=1S/C15H15BrN2O/c1-10-13(6-3-7-14(10)16)15(19)18-12-5-2-4-11(8-12)9-17/h2-8H,9,17H2,1H3,(H,18,19). The lowest BCUT2D eigenvalue weighted by Gasteiger charge is -2.09. The Hall–Kier alpha value is -1.65. The molecule has 0 aliphatic heterocycles. The van der Waals surface area contributed by atoms with Crippen LogP contribution in [-0.2, 0) is 6.54 Å². The number of hydrogen-bond donors (Lipinski definition) is 2. The number of nitrogens with one attached hydrogen (secondary N) is 1. The van der Waals surface area contributed by atoms with Gasteiger partial charge in [0.15, 0.2) is 0 Å². The average Bonchev–Trinajstić information content (AvgIpc) is 2.42. The van der Waals surface area contributed by atoms with Crippen molar-refractivity contribution in [3.05, 3.63) is 63.6 Å². The highest BCUT2D eigenvalue weighted by molar-refractivity contribution is 9.10. The molecule has 0 aromatic heterocycles. The van der Waals surface area contributed by atoms with Crippen LogP contribution in [-0.4, -0.2) is 5.91 Å². The summed E-state index contributed by atoms with van der Waals surface area (Å²) in [5, 5.41) is 2.89. The maximum Gasteiger partial charge on any atom is 0.255 e. The van der Waals surface area contributed by atoms with E-state index in [-0.39, 0.29) is 5.91 Å². The fraction of sp³-hybridized carbons (Fsp3) is 0.133. The molecule has 0 atom stereocenters. The van der Waals surface area contributed by atoms with Crippen LogP contribution in [0, 0.1) is 6.92 Å². The van der Waals surface area contributed by atoms with Gasteiger partial charge in [-0.05, 0) is 42.3 Å². The Kier molecular flexibility index (Phi) is 4.35. The number of amides is 1. The van der Waals surface area contributed by atoms with Gasteiger partial charge in [-0.15, -0.1) is 0 Å². The zero-order chi connectivity index (χ0) is 13.8. The number of anilines is 1. The number of nitrogens with two attached hydrogens (primary N) is 1. The van der Waals surface area contributed by atoms with Gasteiger partial charge < -0.3 is 11.1 Å². The Bertz CT molecular complexity index is 611. The van der Waals surface area contributed by atoms with E-state index >= 15 is 0 Å². The molecule has 0 fully saturated rings. The first-order valence-corrected chi connectivity index (χ1v) is 6.76. The second-order valence-corrected chi connectivity index (χ2v) is 5.13. The summed E-state index contributed by atoms with van der Waals surface area (Å²) in [6, 6.07) is 13.1. The van der Waals surface area contributed by atoms with E-state index in [0.717, 1.165) is 21.3 Å². The topological polar surface area (TPSA) is 55.1 Å². The van der Waals surface area contributed by atoms with E-state index in [1.54, 1.807) is 0 Å². The van der Waals surface area contributed by atoms with Crippen LogP contribution < -0.4 is 11.1 Å². The van der Waals surface area contributed by atoms with Crippen LogP contribution in [0.1, 0.15) is 21.5 Å². The third-order valence-corrected chi connectivity index (χ3v) is 3.79. The fourth-order valence-corrected chi connectivity index (χ4v) is 2.19. The van der Waals surface area contributed by atoms with Crippen LogP contribution in [0.2, 0.25) is 0 Å². The van der Waals surface area contributed by atoms with E-state index in [2.05, 4.69) is 21.2 Å². The minimum Gasteiger partial charge on any atom is -0.326 e. The molecule has 0 heterocycles. The molecule has 19 heavy (non-hydrogen) atoms. The van der Waals surface area contributed by atoms with E-state index in [4.69, 9.17) is 5.73 Å². The van der Waals surface area contributed by atoms with E-state index in [1.165, 1.54) is 0 Å². The summed E-state index contributed by atoms with van der Waals surface area (Å²) in [6.07, 6.45) is 0. The molecule has 0 saturated heterocycles. The molecular weight excluding hydrogens is 304 g/mol. The van der Waals surface area contributed by atoms with Crippen LogP contribution in [0.25, 0.3) is 0 Å². The van der Waals surface area contributed by atoms with Crippen LogP contribution >= 0.6 is 15.9 Å². The molecule has 3 nitrogen and oxygen atoms in total. The Morgan fingerprint density at radius 3 is 2.74 bits per heavy atom. The molecule has 3 N–H and O–H groups in total. The van der Waals surface area contributed by atoms with E-state index in [9.17, 15) is 4.79 Å². The minimum absolute atomic E-state index is 0.118. The SMILES string of the molecule is Cc1c(Br)cccc1C(=O)Nc1cccc(CN)c1. The molecule has 4 heteroatoms. The van der Waals surface area contributed by atoms with Crippen molar-refractivity contribution in [2.24, 2.45) is 5.73 Å². The van der Waals surface area contributed by atoms with E-state index in [0.29, 0.717) is 12.1 Å². The van der Waals surface area contributed by atoms with Gasteiger partial charge in [-0.2, -0.15) is 0 Å². The van der Waals surface area contributed by atoms with Crippen molar-refractivity contribution in [1.29, 1.82) is 0 Å². The summed E-state index contributed by atoms with van der Waals surface area (Å²) in [7, 11) is 0. The van der Waals surface area contributed by atoms with E-state index < -0.39 is 0 Å². The minimum atomic E-state index is -0.118. The van der Waals surface area contributed by atoms with Crippen molar-refractivity contribution < 1.29 is 4.79 Å². The monoisotopic (exact) mass is 318 g/mol. The Morgan fingerprint density at radius 2 is 2.00 bits per heavy atom. The van der Waals surface area contributed by atoms with Gasteiger partial charge in [0, 0.05) is 22.3 Å². The van der Waals surface area contributed by atoms with Crippen LogP contribution in [0.3, 0.4) is 0 Å². The summed E-state index contributed by atoms with van der Waals surface area (Å²) >= 11 is 3.43. The highest BCUT2D eigenvalue weighted by Crippen LogP contribution is 2.20. The van der Waals surface area contributed by atoms with Gasteiger partial charge >= 0.3 is 0 Å². The number of halogens is 1. The van der Waals surface area contributed by atoms with Crippen LogP contribution in [0.5, 0.6) is 0 Å². The van der Waals surface area contributed by atoms with Crippen molar-refractivity contribution in [3.63, 3.8) is 0 Å². The second-order valence-electron chi connectivity index (χ2n) is 4.27. The van der Waals surface area contributed by atoms with Crippen molar-refractivity contribution in [2.45, 2.75) is 13.5 Å². The van der Waals surface area contributed by atoms with E-state index in [1.807, 2.05) is 49.4 Å². The molecule has 1 amide bonds. The van der Waals surface area contributed by atoms with Crippen molar-refractivity contribution in [3.8, 4) is 0 Å². The zero-order valence-electron chi connectivity index (χ0n) is 10.6. The molecule has 0 saturated carbocycles. The van der Waals surface area contributed by atoms with Crippen LogP contribution in [0.15, 0.2) is 46.9 Å². The molecule has 2 rings (SSSR count). The smallest absolute Gasteiger partial charge is 0.255 e. The van der Waals surface area contributed by atoms with Gasteiger partial charge in [0.25, 0.3) is 5.91 Å². The largest absolute Gasteiger partial charge is 0.326 e. The number of hydrogen-bond acceptors (Lipinski definition) is 2. The van der Waals surface area contributed by atoms with Gasteiger partial charge in [-0.3, -0.25) is 4.79 Å². The Labute approximate surface area is 121 Å². The van der Waals surface area contributed by atoms with Gasteiger partial charge in [-0.1, -0.05) is 34.1 Å². The number of benzene rings is 2. The quantitative estimate of drug-likeness (QED) is 0.910. The maximum absolute atomic E-state index is 12.2. The Morgan fingerprint density at radius 1 is 1.26 bits per heavy atom. The fourth-order valence-electron chi connectivity index (χ4n) is 1.83. The maximum atomic E-state index is 12.2. The molecular formula is C15H15BrN2O. The predicted octanol–water partition coefficient (Wildman–Crippen LogP) is 3.47. The lowest BCUT2D eigenvalue weighted by Crippen LogP contribution is -2.13. The summed E-state index contributed by atoms with van der Waals surface area (Å²) in [5.41, 5.74) is 8.92. The summed E-state index contributed by atoms with van der Waals surface area (Å²) < 4.78 is 0.927. The first-order valence-electron chi connectivity index (χ1n) is 5.97. The van der Waals surface area contributed by atoms with Gasteiger partial charge in [0.2, 0.25) is 0 Å². The third kappa shape index (κ3) is 3.22. The first kappa shape index (κ1) is 13.8. The molecule has 0 spiro atoms. The number of carbonyl (C=O) groups is 1. The van der Waals surface area contributed by atoms with Crippen molar-refractivity contribution in [2.75, 3.05) is 5.32 Å². The highest BCUT2D eigenvalue weighted by atomic mass is 79.9. The highest BCUT2D eigenvalue weighted by Gasteiger charge is 2.10. The molecule has 0 aliphatic carbocycles. The second kappa shape index (κ2) is 5.99. The molecule has 0 radical (unpaired) electrons. The molecule has 0 bridgehead atoms. The molecule has 0 aliphatic rings. The molecule has 0 unspecified atom stereocenters. The summed E-state index contributed by atoms with van der Waals surface area (Å²) in [5.74, 6) is -0.118.